The van der Waals surface area contributed by atoms with Crippen molar-refractivity contribution in [1.29, 1.82) is 0 Å². The minimum atomic E-state index is -4.02. The fourth-order valence-electron chi connectivity index (χ4n) is 3.87. The zero-order valence-corrected chi connectivity index (χ0v) is 10.8. The van der Waals surface area contributed by atoms with Gasteiger partial charge in [0, 0.05) is 12.3 Å². The fraction of sp³-hybridized carbons (Fsp3) is 0.929. The molecule has 0 amide bonds. The number of Topliss-reactive ketones (excluding diaryl/α,β-unsaturated/α-hetero) is 1. The molecular weight excluding hydrogens is 241 g/mol. The normalized spacial score (nSPS) is 37.1. The van der Waals surface area contributed by atoms with Gasteiger partial charge in [0.2, 0.25) is 0 Å². The highest BCUT2D eigenvalue weighted by Crippen LogP contribution is 2.47. The number of hydrogen-bond acceptors (Lipinski definition) is 1. The van der Waals surface area contributed by atoms with E-state index in [1.807, 2.05) is 0 Å². The third-order valence-corrected chi connectivity index (χ3v) is 4.82. The lowest BCUT2D eigenvalue weighted by Crippen LogP contribution is -2.34. The Morgan fingerprint density at radius 2 is 1.67 bits per heavy atom. The molecule has 0 heterocycles. The van der Waals surface area contributed by atoms with Crippen LogP contribution in [0, 0.1) is 23.7 Å². The van der Waals surface area contributed by atoms with Crippen molar-refractivity contribution >= 4 is 5.78 Å². The largest absolute Gasteiger partial charge is 0.389 e. The molecule has 2 aliphatic rings. The van der Waals surface area contributed by atoms with Gasteiger partial charge in [-0.2, -0.15) is 13.2 Å². The van der Waals surface area contributed by atoms with Crippen LogP contribution in [0.1, 0.15) is 51.9 Å². The first-order valence-corrected chi connectivity index (χ1v) is 6.92. The second-order valence-electron chi connectivity index (χ2n) is 6.14. The van der Waals surface area contributed by atoms with Crippen molar-refractivity contribution in [3.05, 3.63) is 0 Å². The first-order chi connectivity index (χ1) is 8.35. The predicted molar refractivity (Wildman–Crippen MR) is 63.0 cm³/mol. The van der Waals surface area contributed by atoms with Gasteiger partial charge in [-0.05, 0) is 63.2 Å². The molecule has 0 aliphatic heterocycles. The van der Waals surface area contributed by atoms with Crippen LogP contribution in [0.3, 0.4) is 0 Å². The summed E-state index contributed by atoms with van der Waals surface area (Å²) in [6.45, 7) is 1.64. The molecule has 4 heteroatoms. The van der Waals surface area contributed by atoms with Crippen molar-refractivity contribution < 1.29 is 18.0 Å². The number of carbonyl (C=O) groups is 1. The van der Waals surface area contributed by atoms with Crippen LogP contribution in [0.15, 0.2) is 0 Å². The Balaban J connectivity index is 1.88. The van der Waals surface area contributed by atoms with Gasteiger partial charge in [-0.1, -0.05) is 0 Å². The molecule has 0 radical (unpaired) electrons. The standard InChI is InChI=1S/C14H21F3O/c1-9(18)11-4-5-12-6-10(8-14(15,16)17)2-3-13(12)7-11/h10-13H,2-8H2,1H3. The Bertz CT molecular complexity index is 311. The summed E-state index contributed by atoms with van der Waals surface area (Å²) in [7, 11) is 0. The molecule has 4 atom stereocenters. The molecule has 0 spiro atoms. The van der Waals surface area contributed by atoms with Gasteiger partial charge in [0.25, 0.3) is 0 Å². The molecule has 104 valence electrons. The first kappa shape index (κ1) is 13.9. The Morgan fingerprint density at radius 1 is 1.06 bits per heavy atom. The maximum atomic E-state index is 12.4. The number of ketones is 1. The van der Waals surface area contributed by atoms with Crippen LogP contribution < -0.4 is 0 Å². The van der Waals surface area contributed by atoms with E-state index in [9.17, 15) is 18.0 Å². The number of rotatable bonds is 2. The van der Waals surface area contributed by atoms with Gasteiger partial charge in [-0.15, -0.1) is 0 Å². The summed E-state index contributed by atoms with van der Waals surface area (Å²) in [6.07, 6.45) is 0.396. The van der Waals surface area contributed by atoms with Gasteiger partial charge in [-0.25, -0.2) is 0 Å². The van der Waals surface area contributed by atoms with E-state index >= 15 is 0 Å². The number of hydrogen-bond donors (Lipinski definition) is 0. The first-order valence-electron chi connectivity index (χ1n) is 6.92. The van der Waals surface area contributed by atoms with Crippen LogP contribution in [-0.2, 0) is 4.79 Å². The third-order valence-electron chi connectivity index (χ3n) is 4.82. The van der Waals surface area contributed by atoms with Crippen molar-refractivity contribution in [2.45, 2.75) is 58.0 Å². The quantitative estimate of drug-likeness (QED) is 0.722. The van der Waals surface area contributed by atoms with Crippen LogP contribution in [-0.4, -0.2) is 12.0 Å². The predicted octanol–water partition coefficient (Wildman–Crippen LogP) is 4.36. The maximum Gasteiger partial charge on any atom is 0.389 e. The van der Waals surface area contributed by atoms with E-state index in [0.717, 1.165) is 32.1 Å². The molecule has 0 aromatic rings. The molecule has 2 fully saturated rings. The van der Waals surface area contributed by atoms with Crippen LogP contribution >= 0.6 is 0 Å². The van der Waals surface area contributed by atoms with Gasteiger partial charge in [0.15, 0.2) is 0 Å². The fourth-order valence-corrected chi connectivity index (χ4v) is 3.87. The molecule has 18 heavy (non-hydrogen) atoms. The summed E-state index contributed by atoms with van der Waals surface area (Å²) in [6, 6.07) is 0. The summed E-state index contributed by atoms with van der Waals surface area (Å²) in [4.78, 5) is 11.4. The van der Waals surface area contributed by atoms with Crippen molar-refractivity contribution in [1.82, 2.24) is 0 Å². The highest BCUT2D eigenvalue weighted by atomic mass is 19.4. The Kier molecular flexibility index (Phi) is 4.02. The molecule has 0 aromatic carbocycles. The van der Waals surface area contributed by atoms with Crippen molar-refractivity contribution in [2.75, 3.05) is 0 Å². The Morgan fingerprint density at radius 3 is 2.28 bits per heavy atom. The molecular formula is C14H21F3O. The van der Waals surface area contributed by atoms with Gasteiger partial charge in [0.05, 0.1) is 0 Å². The van der Waals surface area contributed by atoms with Gasteiger partial charge >= 0.3 is 6.18 Å². The van der Waals surface area contributed by atoms with E-state index in [1.165, 1.54) is 0 Å². The monoisotopic (exact) mass is 262 g/mol. The molecule has 4 unspecified atom stereocenters. The number of alkyl halides is 3. The molecule has 0 bridgehead atoms. The maximum absolute atomic E-state index is 12.4. The molecule has 0 N–H and O–H groups in total. The second kappa shape index (κ2) is 5.22. The van der Waals surface area contributed by atoms with E-state index in [2.05, 4.69) is 0 Å². The van der Waals surface area contributed by atoms with Crippen LogP contribution in [0.25, 0.3) is 0 Å². The van der Waals surface area contributed by atoms with Gasteiger partial charge < -0.3 is 0 Å². The molecule has 2 saturated carbocycles. The molecule has 0 aromatic heterocycles. The van der Waals surface area contributed by atoms with E-state index in [4.69, 9.17) is 0 Å². The minimum Gasteiger partial charge on any atom is -0.300 e. The number of halogens is 3. The second-order valence-corrected chi connectivity index (χ2v) is 6.14. The van der Waals surface area contributed by atoms with E-state index in [0.29, 0.717) is 18.3 Å². The zero-order valence-electron chi connectivity index (χ0n) is 10.8. The molecule has 2 aliphatic carbocycles. The van der Waals surface area contributed by atoms with E-state index in [-0.39, 0.29) is 17.6 Å². The molecule has 2 rings (SSSR count). The molecule has 0 saturated heterocycles. The van der Waals surface area contributed by atoms with Gasteiger partial charge in [-0.3, -0.25) is 4.79 Å². The van der Waals surface area contributed by atoms with Crippen molar-refractivity contribution in [3.63, 3.8) is 0 Å². The highest BCUT2D eigenvalue weighted by molar-refractivity contribution is 5.78. The zero-order chi connectivity index (χ0) is 13.3. The lowest BCUT2D eigenvalue weighted by atomic mass is 9.64. The van der Waals surface area contributed by atoms with Crippen molar-refractivity contribution in [2.24, 2.45) is 23.7 Å². The van der Waals surface area contributed by atoms with E-state index in [1.54, 1.807) is 6.92 Å². The molecule has 1 nitrogen and oxygen atoms in total. The third kappa shape index (κ3) is 3.48. The Labute approximate surface area is 106 Å². The lowest BCUT2D eigenvalue weighted by Gasteiger charge is -2.41. The minimum absolute atomic E-state index is 0.172. The van der Waals surface area contributed by atoms with Crippen LogP contribution in [0.2, 0.25) is 0 Å². The van der Waals surface area contributed by atoms with E-state index < -0.39 is 12.6 Å². The van der Waals surface area contributed by atoms with Crippen molar-refractivity contribution in [3.8, 4) is 0 Å². The summed E-state index contributed by atoms with van der Waals surface area (Å²) in [5, 5.41) is 0. The highest BCUT2D eigenvalue weighted by Gasteiger charge is 2.40. The lowest BCUT2D eigenvalue weighted by molar-refractivity contribution is -0.149. The summed E-state index contributed by atoms with van der Waals surface area (Å²) in [5.41, 5.74) is 0. The topological polar surface area (TPSA) is 17.1 Å². The SMILES string of the molecule is CC(=O)C1CCC2CC(CC(F)(F)F)CCC2C1. The Hall–Kier alpha value is -0.540. The van der Waals surface area contributed by atoms with Crippen LogP contribution in [0.5, 0.6) is 0 Å². The van der Waals surface area contributed by atoms with Crippen LogP contribution in [0.4, 0.5) is 13.2 Å². The average Bonchev–Trinajstić information content (AvgIpc) is 2.26. The summed E-state index contributed by atoms with van der Waals surface area (Å²) in [5.74, 6) is 1.18. The summed E-state index contributed by atoms with van der Waals surface area (Å²) >= 11 is 0. The number of carbonyl (C=O) groups excluding carboxylic acids is 1. The van der Waals surface area contributed by atoms with Gasteiger partial charge in [0.1, 0.15) is 5.78 Å². The summed E-state index contributed by atoms with van der Waals surface area (Å²) < 4.78 is 37.2. The number of fused-ring (bicyclic) bond motifs is 1. The smallest absolute Gasteiger partial charge is 0.300 e. The average molecular weight is 262 g/mol.